The highest BCUT2D eigenvalue weighted by Crippen LogP contribution is 2.13. The Morgan fingerprint density at radius 2 is 1.88 bits per heavy atom. The number of nitrogens with one attached hydrogen (secondary N) is 2. The number of carbonyl (C=O) groups is 1. The predicted octanol–water partition coefficient (Wildman–Crippen LogP) is 1.82. The smallest absolute Gasteiger partial charge is 0.336 e. The molecule has 1 aromatic carbocycles. The molecule has 0 amide bonds. The molecule has 2 aromatic rings. The van der Waals surface area contributed by atoms with E-state index in [1.165, 1.54) is 6.07 Å². The lowest BCUT2D eigenvalue weighted by atomic mass is 10.2. The van der Waals surface area contributed by atoms with Crippen LogP contribution in [-0.2, 0) is 0 Å². The highest BCUT2D eigenvalue weighted by molar-refractivity contribution is 5.88. The van der Waals surface area contributed by atoms with Crippen LogP contribution >= 0.6 is 0 Å². The molecule has 0 atom stereocenters. The van der Waals surface area contributed by atoms with Crippen molar-refractivity contribution in [2.75, 3.05) is 5.32 Å². The number of carboxylic acids is 1. The van der Waals surface area contributed by atoms with Gasteiger partial charge in [-0.3, -0.25) is 4.79 Å². The van der Waals surface area contributed by atoms with Crippen molar-refractivity contribution < 1.29 is 9.90 Å². The maximum absolute atomic E-state index is 11.2. The summed E-state index contributed by atoms with van der Waals surface area (Å²) in [7, 11) is 0. The maximum Gasteiger partial charge on any atom is 0.336 e. The summed E-state index contributed by atoms with van der Waals surface area (Å²) in [6.07, 6.45) is 0. The monoisotopic (exact) mass is 230 g/mol. The van der Waals surface area contributed by atoms with Gasteiger partial charge in [0, 0.05) is 11.8 Å². The zero-order valence-electron chi connectivity index (χ0n) is 8.81. The van der Waals surface area contributed by atoms with Gasteiger partial charge in [-0.2, -0.15) is 0 Å². The molecule has 3 N–H and O–H groups in total. The average molecular weight is 230 g/mol. The third-order valence-electron chi connectivity index (χ3n) is 2.14. The van der Waals surface area contributed by atoms with E-state index in [4.69, 9.17) is 5.11 Å². The quantitative estimate of drug-likeness (QED) is 0.751. The molecule has 0 spiro atoms. The van der Waals surface area contributed by atoms with Crippen LogP contribution in [0.1, 0.15) is 10.4 Å². The zero-order chi connectivity index (χ0) is 12.3. The fraction of sp³-hybridized carbons (Fsp3) is 0. The largest absolute Gasteiger partial charge is 0.478 e. The number of aromatic amines is 1. The van der Waals surface area contributed by atoms with E-state index < -0.39 is 11.5 Å². The van der Waals surface area contributed by atoms with Crippen LogP contribution in [0, 0.1) is 0 Å². The lowest BCUT2D eigenvalue weighted by molar-refractivity contribution is 0.0696. The normalized spacial score (nSPS) is 9.88. The molecule has 5 heteroatoms. The molecule has 0 bridgehead atoms. The van der Waals surface area contributed by atoms with Crippen molar-refractivity contribution >= 4 is 17.5 Å². The van der Waals surface area contributed by atoms with Gasteiger partial charge < -0.3 is 15.4 Å². The van der Waals surface area contributed by atoms with Gasteiger partial charge in [-0.15, -0.1) is 0 Å². The number of pyridine rings is 1. The van der Waals surface area contributed by atoms with Gasteiger partial charge in [0.05, 0.1) is 5.56 Å². The Kier molecular flexibility index (Phi) is 2.91. The fourth-order valence-electron chi connectivity index (χ4n) is 1.41. The van der Waals surface area contributed by atoms with Gasteiger partial charge >= 0.3 is 5.97 Å². The Labute approximate surface area is 96.7 Å². The van der Waals surface area contributed by atoms with Gasteiger partial charge in [-0.25, -0.2) is 4.79 Å². The van der Waals surface area contributed by atoms with Crippen molar-refractivity contribution in [2.45, 2.75) is 0 Å². The van der Waals surface area contributed by atoms with Gasteiger partial charge in [-0.05, 0) is 18.2 Å². The Morgan fingerprint density at radius 3 is 2.53 bits per heavy atom. The van der Waals surface area contributed by atoms with E-state index in [-0.39, 0.29) is 5.56 Å². The summed E-state index contributed by atoms with van der Waals surface area (Å²) in [4.78, 5) is 24.5. The first-order chi connectivity index (χ1) is 8.15. The molecule has 0 aliphatic heterocycles. The summed E-state index contributed by atoms with van der Waals surface area (Å²) in [6.45, 7) is 0. The SMILES string of the molecule is O=C(O)c1cc(Nc2ccccc2)[nH]c(=O)c1. The van der Waals surface area contributed by atoms with Crippen LogP contribution in [-0.4, -0.2) is 16.1 Å². The molecule has 0 saturated carbocycles. The number of hydrogen-bond acceptors (Lipinski definition) is 3. The number of hydrogen-bond donors (Lipinski definition) is 3. The van der Waals surface area contributed by atoms with Gasteiger partial charge in [0.2, 0.25) is 5.56 Å². The van der Waals surface area contributed by atoms with E-state index >= 15 is 0 Å². The fourth-order valence-corrected chi connectivity index (χ4v) is 1.41. The van der Waals surface area contributed by atoms with E-state index in [9.17, 15) is 9.59 Å². The van der Waals surface area contributed by atoms with Crippen LogP contribution in [0.3, 0.4) is 0 Å². The van der Waals surface area contributed by atoms with E-state index in [1.54, 1.807) is 0 Å². The van der Waals surface area contributed by atoms with Crippen molar-refractivity contribution in [2.24, 2.45) is 0 Å². The zero-order valence-corrected chi connectivity index (χ0v) is 8.81. The lowest BCUT2D eigenvalue weighted by Gasteiger charge is -2.06. The molecule has 0 saturated heterocycles. The number of anilines is 2. The molecule has 2 rings (SSSR count). The third-order valence-corrected chi connectivity index (χ3v) is 2.14. The van der Waals surface area contributed by atoms with Crippen molar-refractivity contribution in [3.05, 3.63) is 58.4 Å². The van der Waals surface area contributed by atoms with E-state index in [1.807, 2.05) is 30.3 Å². The molecule has 0 aliphatic rings. The highest BCUT2D eigenvalue weighted by atomic mass is 16.4. The molecule has 17 heavy (non-hydrogen) atoms. The topological polar surface area (TPSA) is 82.2 Å². The standard InChI is InChI=1S/C12H10N2O3/c15-11-7-8(12(16)17)6-10(14-11)13-9-4-2-1-3-5-9/h1-7H,(H,16,17)(H2,13,14,15). The summed E-state index contributed by atoms with van der Waals surface area (Å²) < 4.78 is 0. The van der Waals surface area contributed by atoms with Gasteiger partial charge in [0.25, 0.3) is 0 Å². The van der Waals surface area contributed by atoms with Crippen LogP contribution in [0.4, 0.5) is 11.5 Å². The first kappa shape index (κ1) is 10.9. The van der Waals surface area contributed by atoms with Gasteiger partial charge in [-0.1, -0.05) is 18.2 Å². The molecular formula is C12H10N2O3. The second kappa shape index (κ2) is 4.52. The first-order valence-electron chi connectivity index (χ1n) is 4.95. The summed E-state index contributed by atoms with van der Waals surface area (Å²) in [6, 6.07) is 11.6. The van der Waals surface area contributed by atoms with Crippen LogP contribution in [0.25, 0.3) is 0 Å². The maximum atomic E-state index is 11.2. The van der Waals surface area contributed by atoms with E-state index in [0.717, 1.165) is 11.8 Å². The Balaban J connectivity index is 2.34. The Bertz CT molecular complexity index is 590. The number of carboxylic acid groups (broad SMARTS) is 1. The van der Waals surface area contributed by atoms with Crippen LogP contribution in [0.15, 0.2) is 47.3 Å². The highest BCUT2D eigenvalue weighted by Gasteiger charge is 2.05. The van der Waals surface area contributed by atoms with Gasteiger partial charge in [0.1, 0.15) is 5.82 Å². The minimum Gasteiger partial charge on any atom is -0.478 e. The second-order valence-electron chi connectivity index (χ2n) is 3.44. The number of aromatic carboxylic acids is 1. The summed E-state index contributed by atoms with van der Waals surface area (Å²) >= 11 is 0. The molecule has 1 aromatic heterocycles. The van der Waals surface area contributed by atoms with Crippen LogP contribution in [0.5, 0.6) is 0 Å². The lowest BCUT2D eigenvalue weighted by Crippen LogP contribution is -2.11. The van der Waals surface area contributed by atoms with Crippen molar-refractivity contribution in [1.29, 1.82) is 0 Å². The third kappa shape index (κ3) is 2.72. The molecule has 0 radical (unpaired) electrons. The van der Waals surface area contributed by atoms with Crippen molar-refractivity contribution in [1.82, 2.24) is 4.98 Å². The van der Waals surface area contributed by atoms with Crippen LogP contribution in [0.2, 0.25) is 0 Å². The summed E-state index contributed by atoms with van der Waals surface area (Å²) in [5.74, 6) is -0.784. The van der Waals surface area contributed by atoms with E-state index in [2.05, 4.69) is 10.3 Å². The minimum absolute atomic E-state index is 0.0489. The molecule has 0 unspecified atom stereocenters. The second-order valence-corrected chi connectivity index (χ2v) is 3.44. The molecule has 5 nitrogen and oxygen atoms in total. The molecule has 0 aliphatic carbocycles. The van der Waals surface area contributed by atoms with Crippen molar-refractivity contribution in [3.63, 3.8) is 0 Å². The van der Waals surface area contributed by atoms with E-state index in [0.29, 0.717) is 5.82 Å². The van der Waals surface area contributed by atoms with Gasteiger partial charge in [0.15, 0.2) is 0 Å². The van der Waals surface area contributed by atoms with Crippen molar-refractivity contribution in [3.8, 4) is 0 Å². The number of benzene rings is 1. The molecular weight excluding hydrogens is 220 g/mol. The van der Waals surface area contributed by atoms with Crippen LogP contribution < -0.4 is 10.9 Å². The number of aromatic nitrogens is 1. The number of H-pyrrole nitrogens is 1. The number of rotatable bonds is 3. The number of para-hydroxylation sites is 1. The Hall–Kier alpha value is -2.56. The Morgan fingerprint density at radius 1 is 1.18 bits per heavy atom. The molecule has 86 valence electrons. The predicted molar refractivity (Wildman–Crippen MR) is 63.7 cm³/mol. The first-order valence-corrected chi connectivity index (χ1v) is 4.95. The average Bonchev–Trinajstić information content (AvgIpc) is 2.29. The minimum atomic E-state index is -1.13. The summed E-state index contributed by atoms with van der Waals surface area (Å²) in [5, 5.41) is 11.7. The molecule has 0 fully saturated rings. The molecule has 1 heterocycles. The summed E-state index contributed by atoms with van der Waals surface area (Å²) in [5.41, 5.74) is 0.265.